The Morgan fingerprint density at radius 2 is 1.94 bits per heavy atom. The van der Waals surface area contributed by atoms with Crippen molar-refractivity contribution >= 4 is 16.7 Å². The largest absolute Gasteiger partial charge is 0.368 e. The van der Waals surface area contributed by atoms with Gasteiger partial charge in [-0.3, -0.25) is 13.9 Å². The van der Waals surface area contributed by atoms with Gasteiger partial charge in [0.25, 0.3) is 5.89 Å². The van der Waals surface area contributed by atoms with Gasteiger partial charge in [0.2, 0.25) is 5.95 Å². The van der Waals surface area contributed by atoms with Crippen LogP contribution in [0.1, 0.15) is 43.1 Å². The van der Waals surface area contributed by atoms with Gasteiger partial charge >= 0.3 is 0 Å². The van der Waals surface area contributed by atoms with Crippen LogP contribution in [0.25, 0.3) is 22.7 Å². The van der Waals surface area contributed by atoms with Crippen LogP contribution in [-0.2, 0) is 16.2 Å². The molecule has 2 unspecified atom stereocenters. The van der Waals surface area contributed by atoms with Gasteiger partial charge in [-0.15, -0.1) is 0 Å². The lowest BCUT2D eigenvalue weighted by atomic mass is 9.64. The molecule has 2 N–H and O–H groups in total. The van der Waals surface area contributed by atoms with Gasteiger partial charge in [0.05, 0.1) is 28.9 Å². The number of aromatic nitrogens is 7. The second-order valence-electron chi connectivity index (χ2n) is 8.58. The van der Waals surface area contributed by atoms with E-state index in [1.165, 1.54) is 0 Å². The Balaban J connectivity index is 1.26. The number of hydrogen-bond donors (Lipinski definition) is 1. The summed E-state index contributed by atoms with van der Waals surface area (Å²) in [5.41, 5.74) is 8.70. The Hall–Kier alpha value is -3.47. The van der Waals surface area contributed by atoms with Crippen LogP contribution < -0.4 is 5.73 Å². The molecule has 1 saturated heterocycles. The standard InChI is InChI=1S/C22H22N8O2S/c23-21-25-8-14(9-26-21)18-3-2-16(11-24-18)22(5-1-6-22)20-28-19(32-29-20)15-10-27-30(12-15)17-4-7-33(31)13-17/h2-3,8-12,17H,1,4-7,13H2,(H2,23,25,26). The molecule has 0 amide bonds. The van der Waals surface area contributed by atoms with E-state index in [0.29, 0.717) is 17.5 Å². The Morgan fingerprint density at radius 3 is 2.61 bits per heavy atom. The molecule has 11 heteroatoms. The Labute approximate surface area is 192 Å². The van der Waals surface area contributed by atoms with E-state index in [4.69, 9.17) is 15.2 Å². The van der Waals surface area contributed by atoms with E-state index in [1.807, 2.05) is 23.1 Å². The first kappa shape index (κ1) is 20.2. The van der Waals surface area contributed by atoms with E-state index in [2.05, 4.69) is 31.3 Å². The summed E-state index contributed by atoms with van der Waals surface area (Å²) in [7, 11) is -0.757. The minimum Gasteiger partial charge on any atom is -0.368 e. The average Bonchev–Trinajstić information content (AvgIpc) is 3.55. The molecule has 2 fully saturated rings. The number of pyridine rings is 1. The summed E-state index contributed by atoms with van der Waals surface area (Å²) >= 11 is 0. The van der Waals surface area contributed by atoms with Gasteiger partial charge in [-0.2, -0.15) is 10.1 Å². The fourth-order valence-electron chi connectivity index (χ4n) is 4.53. The van der Waals surface area contributed by atoms with Crippen LogP contribution in [0.15, 0.2) is 47.6 Å². The van der Waals surface area contributed by atoms with E-state index in [0.717, 1.165) is 53.8 Å². The highest BCUT2D eigenvalue weighted by Gasteiger charge is 2.45. The number of anilines is 1. The van der Waals surface area contributed by atoms with Crippen LogP contribution in [0.2, 0.25) is 0 Å². The molecule has 168 valence electrons. The third-order valence-corrected chi connectivity index (χ3v) is 8.07. The normalized spacial score (nSPS) is 21.7. The maximum atomic E-state index is 11.7. The zero-order valence-electron chi connectivity index (χ0n) is 17.8. The Bertz CT molecular complexity index is 1310. The van der Waals surface area contributed by atoms with Gasteiger partial charge in [0.15, 0.2) is 5.82 Å². The highest BCUT2D eigenvalue weighted by Crippen LogP contribution is 2.48. The second kappa shape index (κ2) is 7.84. The monoisotopic (exact) mass is 462 g/mol. The predicted octanol–water partition coefficient (Wildman–Crippen LogP) is 2.53. The fraction of sp³-hybridized carbons (Fsp3) is 0.364. The lowest BCUT2D eigenvalue weighted by molar-refractivity contribution is 0.272. The van der Waals surface area contributed by atoms with Crippen molar-refractivity contribution in [2.75, 3.05) is 17.2 Å². The molecule has 0 bridgehead atoms. The molecule has 2 aliphatic rings. The highest BCUT2D eigenvalue weighted by molar-refractivity contribution is 7.85. The SMILES string of the molecule is Nc1ncc(-c2ccc(C3(c4noc(-c5cnn(C6CCS(=O)C6)c5)n4)CCC3)cn2)cn1. The van der Waals surface area contributed by atoms with Gasteiger partial charge in [0.1, 0.15) is 0 Å². The minimum absolute atomic E-state index is 0.163. The van der Waals surface area contributed by atoms with E-state index < -0.39 is 10.8 Å². The maximum absolute atomic E-state index is 11.7. The van der Waals surface area contributed by atoms with Crippen molar-refractivity contribution in [3.63, 3.8) is 0 Å². The van der Waals surface area contributed by atoms with Gasteiger partial charge < -0.3 is 10.3 Å². The van der Waals surface area contributed by atoms with Gasteiger partial charge in [-0.1, -0.05) is 17.6 Å². The second-order valence-corrected chi connectivity index (χ2v) is 10.2. The molecule has 0 radical (unpaired) electrons. The first-order valence-corrected chi connectivity index (χ1v) is 12.4. The van der Waals surface area contributed by atoms with Crippen molar-refractivity contribution in [3.8, 4) is 22.7 Å². The number of hydrogen-bond acceptors (Lipinski definition) is 9. The summed E-state index contributed by atoms with van der Waals surface area (Å²) < 4.78 is 19.2. The first-order valence-electron chi connectivity index (χ1n) is 10.9. The van der Waals surface area contributed by atoms with E-state index in [9.17, 15) is 4.21 Å². The van der Waals surface area contributed by atoms with Gasteiger partial charge in [-0.05, 0) is 30.9 Å². The smallest absolute Gasteiger partial charge is 0.261 e. The molecule has 10 nitrogen and oxygen atoms in total. The van der Waals surface area contributed by atoms with Crippen molar-refractivity contribution in [1.29, 1.82) is 0 Å². The third-order valence-electron chi connectivity index (χ3n) is 6.62. The molecule has 1 aliphatic heterocycles. The summed E-state index contributed by atoms with van der Waals surface area (Å²) in [5, 5.41) is 8.78. The van der Waals surface area contributed by atoms with E-state index in [1.54, 1.807) is 18.6 Å². The van der Waals surface area contributed by atoms with Crippen molar-refractivity contribution in [2.45, 2.75) is 37.1 Å². The summed E-state index contributed by atoms with van der Waals surface area (Å²) in [5.74, 6) is 2.73. The Kier molecular flexibility index (Phi) is 4.79. The van der Waals surface area contributed by atoms with Crippen molar-refractivity contribution in [2.24, 2.45) is 0 Å². The van der Waals surface area contributed by atoms with Crippen molar-refractivity contribution < 1.29 is 8.73 Å². The Morgan fingerprint density at radius 1 is 1.09 bits per heavy atom. The molecular formula is C22H22N8O2S. The molecule has 4 aromatic heterocycles. The molecule has 4 aromatic rings. The molecule has 2 atom stereocenters. The molecule has 33 heavy (non-hydrogen) atoms. The molecular weight excluding hydrogens is 440 g/mol. The molecule has 1 aliphatic carbocycles. The number of nitrogens with two attached hydrogens (primary N) is 1. The van der Waals surface area contributed by atoms with Gasteiger partial charge in [-0.25, -0.2) is 9.97 Å². The van der Waals surface area contributed by atoms with E-state index in [-0.39, 0.29) is 17.4 Å². The van der Waals surface area contributed by atoms with Crippen LogP contribution in [0.4, 0.5) is 5.95 Å². The lowest BCUT2D eigenvalue weighted by Gasteiger charge is -2.39. The third kappa shape index (κ3) is 3.52. The molecule has 5 heterocycles. The molecule has 6 rings (SSSR count). The average molecular weight is 463 g/mol. The summed E-state index contributed by atoms with van der Waals surface area (Å²) in [6.45, 7) is 0. The summed E-state index contributed by atoms with van der Waals surface area (Å²) in [6.07, 6.45) is 12.7. The molecule has 0 aromatic carbocycles. The van der Waals surface area contributed by atoms with Crippen molar-refractivity contribution in [3.05, 3.63) is 54.5 Å². The zero-order valence-corrected chi connectivity index (χ0v) is 18.6. The first-order chi connectivity index (χ1) is 16.1. The van der Waals surface area contributed by atoms with Crippen LogP contribution in [0.3, 0.4) is 0 Å². The van der Waals surface area contributed by atoms with Crippen LogP contribution in [0, 0.1) is 0 Å². The van der Waals surface area contributed by atoms with E-state index >= 15 is 0 Å². The quantitative estimate of drug-likeness (QED) is 0.474. The predicted molar refractivity (Wildman–Crippen MR) is 121 cm³/mol. The fourth-order valence-corrected chi connectivity index (χ4v) is 5.98. The zero-order chi connectivity index (χ0) is 22.4. The number of nitrogens with zero attached hydrogens (tertiary/aromatic N) is 7. The summed E-state index contributed by atoms with van der Waals surface area (Å²) in [4.78, 5) is 17.4. The highest BCUT2D eigenvalue weighted by atomic mass is 32.2. The van der Waals surface area contributed by atoms with Crippen LogP contribution >= 0.6 is 0 Å². The number of nitrogen functional groups attached to an aromatic ring is 1. The molecule has 0 spiro atoms. The van der Waals surface area contributed by atoms with Crippen LogP contribution in [0.5, 0.6) is 0 Å². The van der Waals surface area contributed by atoms with Crippen molar-refractivity contribution in [1.82, 2.24) is 34.9 Å². The minimum atomic E-state index is -0.757. The van der Waals surface area contributed by atoms with Crippen LogP contribution in [-0.4, -0.2) is 50.6 Å². The molecule has 1 saturated carbocycles. The van der Waals surface area contributed by atoms with Gasteiger partial charge in [0, 0.05) is 52.7 Å². The topological polar surface area (TPSA) is 138 Å². The summed E-state index contributed by atoms with van der Waals surface area (Å²) in [6, 6.07) is 4.18. The maximum Gasteiger partial charge on any atom is 0.261 e. The lowest BCUT2D eigenvalue weighted by Crippen LogP contribution is -2.36. The number of rotatable bonds is 5.